The van der Waals surface area contributed by atoms with Gasteiger partial charge in [-0.1, -0.05) is 23.9 Å². The van der Waals surface area contributed by atoms with E-state index in [0.29, 0.717) is 19.5 Å². The number of H-pyrrole nitrogens is 1. The van der Waals surface area contributed by atoms with Gasteiger partial charge >= 0.3 is 0 Å². The highest BCUT2D eigenvalue weighted by molar-refractivity contribution is 8.14. The number of amides is 1. The zero-order valence-corrected chi connectivity index (χ0v) is 11.9. The summed E-state index contributed by atoms with van der Waals surface area (Å²) in [5, 5.41) is 8.16. The lowest BCUT2D eigenvalue weighted by molar-refractivity contribution is -0.128. The van der Waals surface area contributed by atoms with E-state index in [2.05, 4.69) is 10.2 Å². The molecule has 1 aliphatic heterocycles. The Bertz CT molecular complexity index is 667. The van der Waals surface area contributed by atoms with Gasteiger partial charge in [0.25, 0.3) is 0 Å². The number of aromatic nitrogens is 2. The summed E-state index contributed by atoms with van der Waals surface area (Å²) in [6.07, 6.45) is 2.23. The second-order valence-corrected chi connectivity index (χ2v) is 6.44. The maximum Gasteiger partial charge on any atom is 0.224 e. The normalized spacial score (nSPS) is 18.9. The summed E-state index contributed by atoms with van der Waals surface area (Å²) in [6, 6.07) is 5.93. The van der Waals surface area contributed by atoms with Crippen LogP contribution in [0.15, 0.2) is 24.4 Å². The van der Waals surface area contributed by atoms with Crippen molar-refractivity contribution in [3.8, 4) is 0 Å². The first kappa shape index (κ1) is 13.2. The summed E-state index contributed by atoms with van der Waals surface area (Å²) < 4.78 is 0. The van der Waals surface area contributed by atoms with E-state index in [1.165, 1.54) is 11.8 Å². The zero-order chi connectivity index (χ0) is 14.1. The van der Waals surface area contributed by atoms with Crippen molar-refractivity contribution in [3.05, 3.63) is 30.0 Å². The molecule has 1 amide bonds. The third-order valence-corrected chi connectivity index (χ3v) is 4.43. The van der Waals surface area contributed by atoms with Gasteiger partial charge in [0.2, 0.25) is 5.91 Å². The van der Waals surface area contributed by atoms with E-state index in [0.717, 1.165) is 16.5 Å². The van der Waals surface area contributed by atoms with Crippen LogP contribution < -0.4 is 0 Å². The molecule has 3 rings (SSSR count). The fourth-order valence-corrected chi connectivity index (χ4v) is 3.53. The van der Waals surface area contributed by atoms with Crippen molar-refractivity contribution in [2.75, 3.05) is 6.54 Å². The Labute approximate surface area is 120 Å². The van der Waals surface area contributed by atoms with Crippen LogP contribution in [0, 0.1) is 0 Å². The predicted molar refractivity (Wildman–Crippen MR) is 78.2 cm³/mol. The van der Waals surface area contributed by atoms with Crippen LogP contribution in [0.1, 0.15) is 18.9 Å². The topological polar surface area (TPSA) is 66.1 Å². The van der Waals surface area contributed by atoms with Crippen LogP contribution in [-0.2, 0) is 16.1 Å². The summed E-state index contributed by atoms with van der Waals surface area (Å²) in [4.78, 5) is 25.0. The van der Waals surface area contributed by atoms with E-state index in [9.17, 15) is 9.59 Å². The monoisotopic (exact) mass is 289 g/mol. The summed E-state index contributed by atoms with van der Waals surface area (Å²) in [5.41, 5.74) is 2.06. The third kappa shape index (κ3) is 2.56. The molecule has 1 unspecified atom stereocenters. The van der Waals surface area contributed by atoms with Crippen LogP contribution in [0.2, 0.25) is 0 Å². The van der Waals surface area contributed by atoms with Crippen molar-refractivity contribution in [2.24, 2.45) is 0 Å². The lowest BCUT2D eigenvalue weighted by atomic mass is 10.1. The number of hydrogen-bond acceptors (Lipinski definition) is 4. The first-order valence-corrected chi connectivity index (χ1v) is 7.37. The molecule has 104 valence electrons. The van der Waals surface area contributed by atoms with Crippen LogP contribution in [0.25, 0.3) is 10.9 Å². The molecule has 0 bridgehead atoms. The van der Waals surface area contributed by atoms with Gasteiger partial charge in [-0.15, -0.1) is 0 Å². The maximum atomic E-state index is 12.0. The Balaban J connectivity index is 1.76. The number of likely N-dealkylation sites (tertiary alicyclic amines) is 1. The van der Waals surface area contributed by atoms with Crippen molar-refractivity contribution in [3.63, 3.8) is 0 Å². The van der Waals surface area contributed by atoms with Gasteiger partial charge in [-0.05, 0) is 11.6 Å². The number of hydrogen-bond donors (Lipinski definition) is 1. The van der Waals surface area contributed by atoms with E-state index in [4.69, 9.17) is 0 Å². The Morgan fingerprint density at radius 2 is 2.40 bits per heavy atom. The molecule has 0 radical (unpaired) electrons. The molecule has 1 aliphatic rings. The van der Waals surface area contributed by atoms with Gasteiger partial charge in [-0.3, -0.25) is 14.7 Å². The van der Waals surface area contributed by atoms with Gasteiger partial charge in [0.15, 0.2) is 5.12 Å². The highest BCUT2D eigenvalue weighted by Gasteiger charge is 2.31. The SMILES string of the molecule is CC(=O)SC1CC(=O)N(Cc2cccc3[nH]ncc23)C1. The number of rotatable bonds is 3. The molecule has 0 spiro atoms. The molecule has 0 saturated carbocycles. The Hall–Kier alpha value is -1.82. The van der Waals surface area contributed by atoms with E-state index < -0.39 is 0 Å². The van der Waals surface area contributed by atoms with E-state index in [1.807, 2.05) is 23.1 Å². The number of nitrogens with one attached hydrogen (secondary N) is 1. The van der Waals surface area contributed by atoms with Crippen LogP contribution in [-0.4, -0.2) is 37.9 Å². The highest BCUT2D eigenvalue weighted by Crippen LogP contribution is 2.27. The number of thioether (sulfide) groups is 1. The standard InChI is InChI=1S/C14H15N3O2S/c1-9(18)20-11-5-14(19)17(8-11)7-10-3-2-4-13-12(10)6-15-16-13/h2-4,6,11H,5,7-8H2,1H3,(H,15,16). The minimum atomic E-state index is 0.0709. The molecular formula is C14H15N3O2S. The minimum absolute atomic E-state index is 0.0709. The summed E-state index contributed by atoms with van der Waals surface area (Å²) >= 11 is 1.27. The number of benzene rings is 1. The molecule has 1 fully saturated rings. The molecule has 1 aromatic carbocycles. The van der Waals surface area contributed by atoms with Crippen molar-refractivity contribution < 1.29 is 9.59 Å². The van der Waals surface area contributed by atoms with Gasteiger partial charge in [0.1, 0.15) is 0 Å². The fraction of sp³-hybridized carbons (Fsp3) is 0.357. The summed E-state index contributed by atoms with van der Waals surface area (Å²) in [6.45, 7) is 2.76. The predicted octanol–water partition coefficient (Wildman–Crippen LogP) is 1.94. The van der Waals surface area contributed by atoms with Crippen LogP contribution in [0.3, 0.4) is 0 Å². The summed E-state index contributed by atoms with van der Waals surface area (Å²) in [7, 11) is 0. The van der Waals surface area contributed by atoms with Gasteiger partial charge in [0.05, 0.1) is 11.7 Å². The Morgan fingerprint density at radius 1 is 1.55 bits per heavy atom. The largest absolute Gasteiger partial charge is 0.337 e. The lowest BCUT2D eigenvalue weighted by Crippen LogP contribution is -2.25. The van der Waals surface area contributed by atoms with Crippen molar-refractivity contribution in [1.82, 2.24) is 15.1 Å². The molecule has 1 N–H and O–H groups in total. The molecule has 2 aromatic rings. The number of fused-ring (bicyclic) bond motifs is 1. The van der Waals surface area contributed by atoms with Gasteiger partial charge in [0, 0.05) is 37.1 Å². The molecule has 2 heterocycles. The molecule has 1 aromatic heterocycles. The van der Waals surface area contributed by atoms with Crippen molar-refractivity contribution in [1.29, 1.82) is 0 Å². The molecule has 1 atom stereocenters. The van der Waals surface area contributed by atoms with Crippen LogP contribution in [0.4, 0.5) is 0 Å². The number of nitrogens with zero attached hydrogens (tertiary/aromatic N) is 2. The lowest BCUT2D eigenvalue weighted by Gasteiger charge is -2.16. The number of carbonyl (C=O) groups excluding carboxylic acids is 2. The quantitative estimate of drug-likeness (QED) is 0.938. The first-order valence-electron chi connectivity index (χ1n) is 6.49. The molecule has 0 aliphatic carbocycles. The summed E-state index contributed by atoms with van der Waals surface area (Å²) in [5.74, 6) is 0.115. The Morgan fingerprint density at radius 3 is 3.20 bits per heavy atom. The second-order valence-electron chi connectivity index (χ2n) is 4.96. The molecule has 6 heteroatoms. The molecule has 5 nitrogen and oxygen atoms in total. The number of aromatic amines is 1. The average Bonchev–Trinajstić information content (AvgIpc) is 2.97. The number of carbonyl (C=O) groups is 2. The van der Waals surface area contributed by atoms with E-state index in [1.54, 1.807) is 13.1 Å². The maximum absolute atomic E-state index is 12.0. The minimum Gasteiger partial charge on any atom is -0.337 e. The van der Waals surface area contributed by atoms with Crippen molar-refractivity contribution in [2.45, 2.75) is 25.1 Å². The zero-order valence-electron chi connectivity index (χ0n) is 11.1. The molecular weight excluding hydrogens is 274 g/mol. The highest BCUT2D eigenvalue weighted by atomic mass is 32.2. The van der Waals surface area contributed by atoms with Gasteiger partial charge in [-0.25, -0.2) is 0 Å². The van der Waals surface area contributed by atoms with E-state index >= 15 is 0 Å². The second kappa shape index (κ2) is 5.28. The molecule has 1 saturated heterocycles. The van der Waals surface area contributed by atoms with Gasteiger partial charge < -0.3 is 4.90 Å². The van der Waals surface area contributed by atoms with Crippen LogP contribution in [0.5, 0.6) is 0 Å². The fourth-order valence-electron chi connectivity index (χ4n) is 2.58. The first-order chi connectivity index (χ1) is 9.63. The third-order valence-electron chi connectivity index (χ3n) is 3.45. The van der Waals surface area contributed by atoms with Crippen molar-refractivity contribution >= 4 is 33.7 Å². The van der Waals surface area contributed by atoms with Crippen LogP contribution >= 0.6 is 11.8 Å². The average molecular weight is 289 g/mol. The van der Waals surface area contributed by atoms with E-state index in [-0.39, 0.29) is 16.3 Å². The van der Waals surface area contributed by atoms with Gasteiger partial charge in [-0.2, -0.15) is 5.10 Å². The Kier molecular flexibility index (Phi) is 3.48. The smallest absolute Gasteiger partial charge is 0.224 e. The molecule has 20 heavy (non-hydrogen) atoms.